The molecule has 4 aromatic rings. The summed E-state index contributed by atoms with van der Waals surface area (Å²) in [6.45, 7) is 3.89. The number of hydrogen-bond acceptors (Lipinski definition) is 6. The average molecular weight is 461 g/mol. The number of amides is 1. The topological polar surface area (TPSA) is 67.2 Å². The highest BCUT2D eigenvalue weighted by Crippen LogP contribution is 2.17. The summed E-state index contributed by atoms with van der Waals surface area (Å²) in [5.41, 5.74) is 2.48. The van der Waals surface area contributed by atoms with Gasteiger partial charge in [-0.1, -0.05) is 30.3 Å². The van der Waals surface area contributed by atoms with Gasteiger partial charge in [0.25, 0.3) is 11.5 Å². The Labute approximate surface area is 195 Å². The second-order valence-electron chi connectivity index (χ2n) is 8.01. The van der Waals surface area contributed by atoms with Crippen molar-refractivity contribution in [3.05, 3.63) is 99.4 Å². The number of carbonyl (C=O) groups excluding carboxylic acids is 1. The number of benzene rings is 2. The Balaban J connectivity index is 1.14. The molecule has 33 heavy (non-hydrogen) atoms. The summed E-state index contributed by atoms with van der Waals surface area (Å²) >= 11 is 1.45. The molecule has 3 heterocycles. The molecule has 2 aromatic carbocycles. The van der Waals surface area contributed by atoms with Gasteiger partial charge in [0, 0.05) is 55.9 Å². The van der Waals surface area contributed by atoms with Crippen molar-refractivity contribution in [2.75, 3.05) is 26.2 Å². The zero-order chi connectivity index (χ0) is 22.6. The lowest BCUT2D eigenvalue weighted by atomic mass is 10.1. The molecule has 0 radical (unpaired) electrons. The molecule has 1 aliphatic heterocycles. The number of piperazine rings is 1. The molecule has 8 heteroatoms. The predicted molar refractivity (Wildman–Crippen MR) is 128 cm³/mol. The number of ether oxygens (including phenoxy) is 1. The van der Waals surface area contributed by atoms with Gasteiger partial charge in [-0.05, 0) is 29.8 Å². The van der Waals surface area contributed by atoms with Gasteiger partial charge < -0.3 is 9.64 Å². The number of rotatable bonds is 6. The molecule has 1 saturated heterocycles. The normalized spacial score (nSPS) is 14.5. The van der Waals surface area contributed by atoms with Gasteiger partial charge in [-0.3, -0.25) is 18.9 Å². The monoisotopic (exact) mass is 460 g/mol. The zero-order valence-corrected chi connectivity index (χ0v) is 18.9. The van der Waals surface area contributed by atoms with E-state index in [1.165, 1.54) is 11.3 Å². The lowest BCUT2D eigenvalue weighted by Crippen LogP contribution is -2.48. The van der Waals surface area contributed by atoms with E-state index < -0.39 is 0 Å². The minimum absolute atomic E-state index is 0.0284. The highest BCUT2D eigenvalue weighted by atomic mass is 32.1. The first-order chi connectivity index (χ1) is 16.2. The summed E-state index contributed by atoms with van der Waals surface area (Å²) in [5, 5.41) is 1.86. The Morgan fingerprint density at radius 3 is 2.52 bits per heavy atom. The fourth-order valence-electron chi connectivity index (χ4n) is 3.92. The van der Waals surface area contributed by atoms with Crippen molar-refractivity contribution < 1.29 is 9.53 Å². The van der Waals surface area contributed by atoms with E-state index >= 15 is 0 Å². The Morgan fingerprint density at radius 2 is 1.76 bits per heavy atom. The van der Waals surface area contributed by atoms with Crippen molar-refractivity contribution in [2.24, 2.45) is 0 Å². The molecule has 7 nitrogen and oxygen atoms in total. The third-order valence-corrected chi connectivity index (χ3v) is 6.51. The van der Waals surface area contributed by atoms with Crippen LogP contribution in [0.4, 0.5) is 0 Å². The molecule has 0 saturated carbocycles. The second kappa shape index (κ2) is 9.56. The summed E-state index contributed by atoms with van der Waals surface area (Å²) in [5.74, 6) is 0.770. The Kier molecular flexibility index (Phi) is 6.19. The number of nitrogens with zero attached hydrogens (tertiary/aromatic N) is 4. The van der Waals surface area contributed by atoms with Crippen molar-refractivity contribution in [3.8, 4) is 5.75 Å². The maximum atomic E-state index is 12.9. The predicted octanol–water partition coefficient (Wildman–Crippen LogP) is 3.29. The first kappa shape index (κ1) is 21.4. The van der Waals surface area contributed by atoms with Gasteiger partial charge in [-0.25, -0.2) is 4.98 Å². The summed E-state index contributed by atoms with van der Waals surface area (Å²) in [6.07, 6.45) is 1.74. The number of thiazole rings is 1. The maximum absolute atomic E-state index is 12.9. The molecule has 168 valence electrons. The molecule has 0 bridgehead atoms. The SMILES string of the molecule is O=C(c1ccc(OCc2ccccc2)cc1)N1CCN(Cc2cc(=O)n3ccsc3n2)CC1. The highest BCUT2D eigenvalue weighted by Gasteiger charge is 2.22. The summed E-state index contributed by atoms with van der Waals surface area (Å²) < 4.78 is 7.37. The number of fused-ring (bicyclic) bond motifs is 1. The Morgan fingerprint density at radius 1 is 1.00 bits per heavy atom. The van der Waals surface area contributed by atoms with Gasteiger partial charge in [-0.2, -0.15) is 0 Å². The van der Waals surface area contributed by atoms with Crippen LogP contribution in [0.2, 0.25) is 0 Å². The molecule has 0 unspecified atom stereocenters. The largest absolute Gasteiger partial charge is 0.489 e. The van der Waals surface area contributed by atoms with Gasteiger partial charge in [0.15, 0.2) is 4.96 Å². The maximum Gasteiger partial charge on any atom is 0.258 e. The van der Waals surface area contributed by atoms with Crippen LogP contribution in [0.1, 0.15) is 21.6 Å². The van der Waals surface area contributed by atoms with Crippen LogP contribution in [0.5, 0.6) is 5.75 Å². The summed E-state index contributed by atoms with van der Waals surface area (Å²) in [7, 11) is 0. The van der Waals surface area contributed by atoms with Gasteiger partial charge in [0.1, 0.15) is 12.4 Å². The van der Waals surface area contributed by atoms with Crippen LogP contribution in [0.3, 0.4) is 0 Å². The Hall–Kier alpha value is -3.49. The van der Waals surface area contributed by atoms with Crippen molar-refractivity contribution in [2.45, 2.75) is 13.2 Å². The van der Waals surface area contributed by atoms with Crippen LogP contribution >= 0.6 is 11.3 Å². The van der Waals surface area contributed by atoms with E-state index in [0.717, 1.165) is 30.1 Å². The van der Waals surface area contributed by atoms with Crippen LogP contribution in [-0.2, 0) is 13.2 Å². The first-order valence-corrected chi connectivity index (χ1v) is 11.8. The van der Waals surface area contributed by atoms with E-state index in [4.69, 9.17) is 4.74 Å². The number of hydrogen-bond donors (Lipinski definition) is 0. The van der Waals surface area contributed by atoms with Crippen molar-refractivity contribution in [3.63, 3.8) is 0 Å². The van der Waals surface area contributed by atoms with E-state index in [-0.39, 0.29) is 11.5 Å². The summed E-state index contributed by atoms with van der Waals surface area (Å²) in [4.78, 5) is 34.5. The molecular formula is C25H24N4O3S. The molecular weight excluding hydrogens is 436 g/mol. The fourth-order valence-corrected chi connectivity index (χ4v) is 4.66. The fraction of sp³-hybridized carbons (Fsp3) is 0.240. The van der Waals surface area contributed by atoms with Gasteiger partial charge in [0.05, 0.1) is 5.69 Å². The van der Waals surface area contributed by atoms with Gasteiger partial charge >= 0.3 is 0 Å². The van der Waals surface area contributed by atoms with Crippen molar-refractivity contribution >= 4 is 22.2 Å². The van der Waals surface area contributed by atoms with E-state index in [0.29, 0.717) is 36.8 Å². The van der Waals surface area contributed by atoms with E-state index in [1.54, 1.807) is 16.7 Å². The van der Waals surface area contributed by atoms with Gasteiger partial charge in [-0.15, -0.1) is 11.3 Å². The molecule has 2 aromatic heterocycles. The number of aromatic nitrogens is 2. The molecule has 5 rings (SSSR count). The van der Waals surface area contributed by atoms with Crippen LogP contribution in [0, 0.1) is 0 Å². The van der Waals surface area contributed by atoms with Crippen LogP contribution in [-0.4, -0.2) is 51.3 Å². The molecule has 1 fully saturated rings. The lowest BCUT2D eigenvalue weighted by molar-refractivity contribution is 0.0627. The second-order valence-corrected chi connectivity index (χ2v) is 8.88. The minimum Gasteiger partial charge on any atom is -0.489 e. The van der Waals surface area contributed by atoms with Crippen LogP contribution in [0.15, 0.2) is 77.0 Å². The molecule has 0 atom stereocenters. The first-order valence-electron chi connectivity index (χ1n) is 10.9. The minimum atomic E-state index is -0.0544. The Bertz CT molecular complexity index is 1290. The zero-order valence-electron chi connectivity index (χ0n) is 18.1. The van der Waals surface area contributed by atoms with Crippen LogP contribution in [0.25, 0.3) is 4.96 Å². The molecule has 0 N–H and O–H groups in total. The van der Waals surface area contributed by atoms with Gasteiger partial charge in [0.2, 0.25) is 0 Å². The van der Waals surface area contributed by atoms with Crippen molar-refractivity contribution in [1.82, 2.24) is 19.2 Å². The van der Waals surface area contributed by atoms with E-state index in [9.17, 15) is 9.59 Å². The highest BCUT2D eigenvalue weighted by molar-refractivity contribution is 7.15. The van der Waals surface area contributed by atoms with E-state index in [1.807, 2.05) is 64.9 Å². The summed E-state index contributed by atoms with van der Waals surface area (Å²) in [6, 6.07) is 18.9. The third-order valence-electron chi connectivity index (χ3n) is 5.75. The molecule has 0 spiro atoms. The molecule has 1 aliphatic rings. The number of carbonyl (C=O) groups is 1. The average Bonchev–Trinajstić information content (AvgIpc) is 3.33. The molecule has 0 aliphatic carbocycles. The van der Waals surface area contributed by atoms with Crippen molar-refractivity contribution in [1.29, 1.82) is 0 Å². The molecule has 1 amide bonds. The third kappa shape index (κ3) is 4.97. The van der Waals surface area contributed by atoms with Crippen LogP contribution < -0.4 is 10.3 Å². The lowest BCUT2D eigenvalue weighted by Gasteiger charge is -2.34. The standard InChI is InChI=1S/C25H24N4O3S/c30-23-16-21(26-25-29(23)14-15-33-25)17-27-10-12-28(13-11-27)24(31)20-6-8-22(9-7-20)32-18-19-4-2-1-3-5-19/h1-9,14-16H,10-13,17-18H2. The smallest absolute Gasteiger partial charge is 0.258 e. The quantitative estimate of drug-likeness (QED) is 0.442. The van der Waals surface area contributed by atoms with E-state index in [2.05, 4.69) is 9.88 Å².